The standard InChI is InChI=1S/C12H20N2OS/c1-3-9-5-4-8(2)14(9)11(15)12(6-7-12)10(13)16/h8-9H,3-7H2,1-2H3,(H2,13,16). The zero-order valence-corrected chi connectivity index (χ0v) is 10.8. The van der Waals surface area contributed by atoms with Gasteiger partial charge in [-0.15, -0.1) is 0 Å². The lowest BCUT2D eigenvalue weighted by Gasteiger charge is -2.31. The van der Waals surface area contributed by atoms with Crippen molar-refractivity contribution in [3.8, 4) is 0 Å². The van der Waals surface area contributed by atoms with Gasteiger partial charge in [0.05, 0.1) is 10.4 Å². The Balaban J connectivity index is 2.18. The highest BCUT2D eigenvalue weighted by Gasteiger charge is 2.56. The van der Waals surface area contributed by atoms with Crippen molar-refractivity contribution < 1.29 is 4.79 Å². The Hall–Kier alpha value is -0.640. The van der Waals surface area contributed by atoms with E-state index in [4.69, 9.17) is 18.0 Å². The second-order valence-corrected chi connectivity index (χ2v) is 5.59. The first kappa shape index (κ1) is 11.8. The van der Waals surface area contributed by atoms with E-state index in [0.29, 0.717) is 17.1 Å². The van der Waals surface area contributed by atoms with E-state index in [1.54, 1.807) is 0 Å². The first-order valence-corrected chi connectivity index (χ1v) is 6.56. The highest BCUT2D eigenvalue weighted by atomic mass is 32.1. The van der Waals surface area contributed by atoms with Gasteiger partial charge >= 0.3 is 0 Å². The SMILES string of the molecule is CCC1CCC(C)N1C(=O)C1(C(N)=S)CC1. The molecule has 1 aliphatic heterocycles. The molecule has 0 aromatic rings. The van der Waals surface area contributed by atoms with E-state index >= 15 is 0 Å². The van der Waals surface area contributed by atoms with Crippen LogP contribution in [0.5, 0.6) is 0 Å². The minimum atomic E-state index is -0.471. The molecule has 1 amide bonds. The van der Waals surface area contributed by atoms with E-state index < -0.39 is 5.41 Å². The fourth-order valence-corrected chi connectivity index (χ4v) is 3.07. The summed E-state index contributed by atoms with van der Waals surface area (Å²) in [6.45, 7) is 4.27. The van der Waals surface area contributed by atoms with Gasteiger partial charge in [0.25, 0.3) is 0 Å². The summed E-state index contributed by atoms with van der Waals surface area (Å²) in [4.78, 5) is 15.0. The number of thiocarbonyl (C=S) groups is 1. The molecule has 0 radical (unpaired) electrons. The Labute approximate surface area is 102 Å². The monoisotopic (exact) mass is 240 g/mol. The zero-order valence-electron chi connectivity index (χ0n) is 10.0. The van der Waals surface area contributed by atoms with Crippen LogP contribution in [0.2, 0.25) is 0 Å². The van der Waals surface area contributed by atoms with Crippen LogP contribution in [0.1, 0.15) is 46.0 Å². The van der Waals surface area contributed by atoms with E-state index in [1.807, 2.05) is 4.90 Å². The van der Waals surface area contributed by atoms with Gasteiger partial charge in [-0.25, -0.2) is 0 Å². The summed E-state index contributed by atoms with van der Waals surface area (Å²) in [6.07, 6.45) is 4.96. The van der Waals surface area contributed by atoms with Crippen molar-refractivity contribution in [1.29, 1.82) is 0 Å². The molecule has 2 rings (SSSR count). The van der Waals surface area contributed by atoms with Crippen LogP contribution >= 0.6 is 12.2 Å². The van der Waals surface area contributed by atoms with Crippen molar-refractivity contribution in [3.63, 3.8) is 0 Å². The van der Waals surface area contributed by atoms with Crippen LogP contribution in [0.3, 0.4) is 0 Å². The van der Waals surface area contributed by atoms with Crippen molar-refractivity contribution in [2.75, 3.05) is 0 Å². The minimum absolute atomic E-state index is 0.192. The zero-order chi connectivity index (χ0) is 11.9. The predicted octanol–water partition coefficient (Wildman–Crippen LogP) is 1.84. The Bertz CT molecular complexity index is 325. The predicted molar refractivity (Wildman–Crippen MR) is 68.1 cm³/mol. The first-order chi connectivity index (χ1) is 7.53. The molecule has 0 bridgehead atoms. The molecule has 90 valence electrons. The van der Waals surface area contributed by atoms with Crippen molar-refractivity contribution >= 4 is 23.1 Å². The van der Waals surface area contributed by atoms with E-state index in [9.17, 15) is 4.79 Å². The fraction of sp³-hybridized carbons (Fsp3) is 0.833. The molecular formula is C12H20N2OS. The lowest BCUT2D eigenvalue weighted by Crippen LogP contribution is -2.47. The Kier molecular flexibility index (Phi) is 2.95. The summed E-state index contributed by atoms with van der Waals surface area (Å²) < 4.78 is 0. The maximum Gasteiger partial charge on any atom is 0.236 e. The van der Waals surface area contributed by atoms with Gasteiger partial charge in [-0.1, -0.05) is 19.1 Å². The van der Waals surface area contributed by atoms with E-state index in [0.717, 1.165) is 32.1 Å². The Morgan fingerprint density at radius 3 is 2.56 bits per heavy atom. The number of nitrogens with zero attached hydrogens (tertiary/aromatic N) is 1. The molecule has 1 heterocycles. The van der Waals surface area contributed by atoms with Crippen LogP contribution < -0.4 is 5.73 Å². The molecule has 0 spiro atoms. The molecule has 4 heteroatoms. The van der Waals surface area contributed by atoms with Crippen LogP contribution in [0.25, 0.3) is 0 Å². The molecule has 0 aromatic heterocycles. The number of hydrogen-bond acceptors (Lipinski definition) is 2. The van der Waals surface area contributed by atoms with Gasteiger partial charge in [0.15, 0.2) is 0 Å². The minimum Gasteiger partial charge on any atom is -0.392 e. The lowest BCUT2D eigenvalue weighted by atomic mass is 10.0. The number of carbonyl (C=O) groups excluding carboxylic acids is 1. The summed E-state index contributed by atoms with van der Waals surface area (Å²) in [5.74, 6) is 0.192. The molecule has 2 atom stereocenters. The number of amides is 1. The largest absolute Gasteiger partial charge is 0.392 e. The van der Waals surface area contributed by atoms with Gasteiger partial charge < -0.3 is 10.6 Å². The number of carbonyl (C=O) groups is 1. The molecule has 1 saturated heterocycles. The molecule has 1 aliphatic carbocycles. The van der Waals surface area contributed by atoms with E-state index in [1.165, 1.54) is 0 Å². The quantitative estimate of drug-likeness (QED) is 0.766. The third-order valence-electron chi connectivity index (χ3n) is 4.12. The summed E-state index contributed by atoms with van der Waals surface area (Å²) in [5.41, 5.74) is 5.25. The van der Waals surface area contributed by atoms with Crippen LogP contribution in [-0.4, -0.2) is 27.9 Å². The molecule has 2 unspecified atom stereocenters. The Morgan fingerprint density at radius 1 is 1.50 bits per heavy atom. The van der Waals surface area contributed by atoms with Crippen molar-refractivity contribution in [3.05, 3.63) is 0 Å². The fourth-order valence-electron chi connectivity index (χ4n) is 2.78. The second kappa shape index (κ2) is 3.99. The van der Waals surface area contributed by atoms with Crippen LogP contribution in [-0.2, 0) is 4.79 Å². The summed E-state index contributed by atoms with van der Waals surface area (Å²) in [7, 11) is 0. The average Bonchev–Trinajstić information content (AvgIpc) is 2.97. The molecule has 2 fully saturated rings. The molecule has 1 saturated carbocycles. The molecule has 2 aliphatic rings. The average molecular weight is 240 g/mol. The summed E-state index contributed by atoms with van der Waals surface area (Å²) in [5, 5.41) is 0. The highest BCUT2D eigenvalue weighted by molar-refractivity contribution is 7.80. The normalized spacial score (nSPS) is 31.5. The van der Waals surface area contributed by atoms with Gasteiger partial charge in [0.2, 0.25) is 5.91 Å². The molecule has 0 aromatic carbocycles. The molecular weight excluding hydrogens is 220 g/mol. The summed E-state index contributed by atoms with van der Waals surface area (Å²) in [6, 6.07) is 0.749. The van der Waals surface area contributed by atoms with E-state index in [-0.39, 0.29) is 5.91 Å². The highest BCUT2D eigenvalue weighted by Crippen LogP contribution is 2.49. The maximum atomic E-state index is 12.5. The molecule has 3 nitrogen and oxygen atoms in total. The number of rotatable bonds is 3. The Morgan fingerprint density at radius 2 is 2.12 bits per heavy atom. The van der Waals surface area contributed by atoms with Crippen LogP contribution in [0.4, 0.5) is 0 Å². The number of hydrogen-bond donors (Lipinski definition) is 1. The van der Waals surface area contributed by atoms with Crippen molar-refractivity contribution in [1.82, 2.24) is 4.90 Å². The van der Waals surface area contributed by atoms with Crippen molar-refractivity contribution in [2.24, 2.45) is 11.1 Å². The molecule has 16 heavy (non-hydrogen) atoms. The number of nitrogens with two attached hydrogens (primary N) is 1. The molecule has 2 N–H and O–H groups in total. The van der Waals surface area contributed by atoms with Crippen LogP contribution in [0, 0.1) is 5.41 Å². The van der Waals surface area contributed by atoms with Gasteiger partial charge in [0.1, 0.15) is 0 Å². The second-order valence-electron chi connectivity index (χ2n) is 5.15. The van der Waals surface area contributed by atoms with Gasteiger partial charge in [-0.2, -0.15) is 0 Å². The van der Waals surface area contributed by atoms with Gasteiger partial charge in [0, 0.05) is 12.1 Å². The first-order valence-electron chi connectivity index (χ1n) is 6.15. The van der Waals surface area contributed by atoms with E-state index in [2.05, 4.69) is 13.8 Å². The lowest BCUT2D eigenvalue weighted by molar-refractivity contribution is -0.137. The topological polar surface area (TPSA) is 46.3 Å². The van der Waals surface area contributed by atoms with Gasteiger partial charge in [-0.3, -0.25) is 4.79 Å². The third-order valence-corrected chi connectivity index (χ3v) is 4.51. The third kappa shape index (κ3) is 1.63. The number of likely N-dealkylation sites (tertiary alicyclic amines) is 1. The maximum absolute atomic E-state index is 12.5. The van der Waals surface area contributed by atoms with Crippen molar-refractivity contribution in [2.45, 2.75) is 58.0 Å². The smallest absolute Gasteiger partial charge is 0.236 e. The summed E-state index contributed by atoms with van der Waals surface area (Å²) >= 11 is 5.05. The van der Waals surface area contributed by atoms with Gasteiger partial charge in [-0.05, 0) is 39.0 Å². The van der Waals surface area contributed by atoms with Crippen LogP contribution in [0.15, 0.2) is 0 Å².